The van der Waals surface area contributed by atoms with E-state index in [1.807, 2.05) is 24.3 Å². The molecule has 3 rings (SSSR count). The first-order valence-electron chi connectivity index (χ1n) is 8.68. The number of nitrogens with one attached hydrogen (secondary N) is 1. The smallest absolute Gasteiger partial charge is 0.165 e. The Kier molecular flexibility index (Phi) is 5.96. The van der Waals surface area contributed by atoms with Crippen molar-refractivity contribution in [1.82, 2.24) is 10.2 Å². The molecule has 1 atom stereocenters. The minimum absolute atomic E-state index is 0.177. The van der Waals surface area contributed by atoms with Crippen LogP contribution >= 0.6 is 0 Å². The maximum atomic E-state index is 14.4. The minimum atomic E-state index is -0.376. The first-order valence-corrected chi connectivity index (χ1v) is 8.68. The summed E-state index contributed by atoms with van der Waals surface area (Å²) in [6, 6.07) is 10.6. The molecule has 1 fully saturated rings. The zero-order chi connectivity index (χ0) is 18.5. The Balaban J connectivity index is 2.14. The van der Waals surface area contributed by atoms with Gasteiger partial charge in [0.15, 0.2) is 11.6 Å². The molecule has 2 aromatic carbocycles. The fraction of sp³-hybridized carbons (Fsp3) is 0.400. The Bertz CT molecular complexity index is 726. The lowest BCUT2D eigenvalue weighted by Gasteiger charge is -2.36. The highest BCUT2D eigenvalue weighted by Crippen LogP contribution is 2.41. The van der Waals surface area contributed by atoms with Crippen molar-refractivity contribution in [3.63, 3.8) is 0 Å². The summed E-state index contributed by atoms with van der Waals surface area (Å²) in [7, 11) is 4.75. The SMILES string of the molecule is COc1ccc(C(c2c(OC)cccc2OC)N2CCNCC2)cc1F. The maximum absolute atomic E-state index is 14.4. The molecule has 2 aromatic rings. The third-order valence-corrected chi connectivity index (χ3v) is 4.75. The van der Waals surface area contributed by atoms with E-state index in [1.54, 1.807) is 20.3 Å². The topological polar surface area (TPSA) is 43.0 Å². The van der Waals surface area contributed by atoms with Gasteiger partial charge < -0.3 is 19.5 Å². The molecule has 0 radical (unpaired) electrons. The molecule has 0 spiro atoms. The van der Waals surface area contributed by atoms with Gasteiger partial charge in [-0.3, -0.25) is 4.90 Å². The van der Waals surface area contributed by atoms with Crippen molar-refractivity contribution in [2.45, 2.75) is 6.04 Å². The van der Waals surface area contributed by atoms with Gasteiger partial charge in [0.2, 0.25) is 0 Å². The second kappa shape index (κ2) is 8.38. The van der Waals surface area contributed by atoms with Gasteiger partial charge in [-0.2, -0.15) is 0 Å². The highest BCUT2D eigenvalue weighted by Gasteiger charge is 2.30. The summed E-state index contributed by atoms with van der Waals surface area (Å²) >= 11 is 0. The highest BCUT2D eigenvalue weighted by atomic mass is 19.1. The number of hydrogen-bond acceptors (Lipinski definition) is 5. The van der Waals surface area contributed by atoms with Gasteiger partial charge in [0.05, 0.1) is 32.9 Å². The molecule has 1 aliphatic rings. The van der Waals surface area contributed by atoms with E-state index in [9.17, 15) is 4.39 Å². The molecular formula is C20H25FN2O3. The number of benzene rings is 2. The Morgan fingerprint density at radius 3 is 2.08 bits per heavy atom. The number of rotatable bonds is 6. The summed E-state index contributed by atoms with van der Waals surface area (Å²) in [5, 5.41) is 3.36. The van der Waals surface area contributed by atoms with Crippen molar-refractivity contribution < 1.29 is 18.6 Å². The lowest BCUT2D eigenvalue weighted by molar-refractivity contribution is 0.191. The zero-order valence-corrected chi connectivity index (χ0v) is 15.4. The van der Waals surface area contributed by atoms with E-state index in [0.29, 0.717) is 0 Å². The average Bonchev–Trinajstić information content (AvgIpc) is 2.69. The van der Waals surface area contributed by atoms with Gasteiger partial charge in [-0.1, -0.05) is 12.1 Å². The van der Waals surface area contributed by atoms with Crippen LogP contribution in [0.15, 0.2) is 36.4 Å². The largest absolute Gasteiger partial charge is 0.496 e. The van der Waals surface area contributed by atoms with Gasteiger partial charge in [0.25, 0.3) is 0 Å². The van der Waals surface area contributed by atoms with Crippen molar-refractivity contribution >= 4 is 0 Å². The average molecular weight is 360 g/mol. The third-order valence-electron chi connectivity index (χ3n) is 4.75. The second-order valence-corrected chi connectivity index (χ2v) is 6.16. The molecule has 0 amide bonds. The van der Waals surface area contributed by atoms with Gasteiger partial charge in [-0.25, -0.2) is 4.39 Å². The molecule has 0 aromatic heterocycles. The van der Waals surface area contributed by atoms with Crippen LogP contribution in [-0.2, 0) is 0 Å². The van der Waals surface area contributed by atoms with Crippen molar-refractivity contribution in [2.75, 3.05) is 47.5 Å². The lowest BCUT2D eigenvalue weighted by Crippen LogP contribution is -2.45. The standard InChI is InChI=1S/C20H25FN2O3/c1-24-16-8-7-14(13-15(16)21)20(23-11-9-22-10-12-23)19-17(25-2)5-4-6-18(19)26-3/h4-8,13,20,22H,9-12H2,1-3H3. The van der Waals surface area contributed by atoms with E-state index in [1.165, 1.54) is 13.2 Å². The third kappa shape index (κ3) is 3.61. The van der Waals surface area contributed by atoms with Crippen LogP contribution in [0.25, 0.3) is 0 Å². The van der Waals surface area contributed by atoms with Crippen LogP contribution in [0, 0.1) is 5.82 Å². The Hall–Kier alpha value is -2.31. The Morgan fingerprint density at radius 2 is 1.54 bits per heavy atom. The molecule has 5 nitrogen and oxygen atoms in total. The van der Waals surface area contributed by atoms with E-state index in [0.717, 1.165) is 48.8 Å². The summed E-state index contributed by atoms with van der Waals surface area (Å²) in [6.45, 7) is 3.46. The van der Waals surface area contributed by atoms with Crippen LogP contribution in [0.3, 0.4) is 0 Å². The molecular weight excluding hydrogens is 335 g/mol. The van der Waals surface area contributed by atoms with Gasteiger partial charge in [-0.05, 0) is 29.8 Å². The molecule has 1 unspecified atom stereocenters. The van der Waals surface area contributed by atoms with Crippen molar-refractivity contribution in [3.05, 3.63) is 53.3 Å². The molecule has 1 saturated heterocycles. The van der Waals surface area contributed by atoms with Crippen molar-refractivity contribution in [3.8, 4) is 17.2 Å². The Labute approximate surface area is 153 Å². The molecule has 6 heteroatoms. The minimum Gasteiger partial charge on any atom is -0.496 e. The van der Waals surface area contributed by atoms with Crippen molar-refractivity contribution in [1.29, 1.82) is 0 Å². The van der Waals surface area contributed by atoms with Crippen LogP contribution in [0.2, 0.25) is 0 Å². The molecule has 0 bridgehead atoms. The second-order valence-electron chi connectivity index (χ2n) is 6.16. The van der Waals surface area contributed by atoms with E-state index in [-0.39, 0.29) is 17.6 Å². The number of piperazine rings is 1. The summed E-state index contributed by atoms with van der Waals surface area (Å²) in [6.07, 6.45) is 0. The summed E-state index contributed by atoms with van der Waals surface area (Å²) < 4.78 is 30.7. The number of hydrogen-bond donors (Lipinski definition) is 1. The molecule has 1 aliphatic heterocycles. The molecule has 0 aliphatic carbocycles. The molecule has 1 heterocycles. The Morgan fingerprint density at radius 1 is 0.923 bits per heavy atom. The van der Waals surface area contributed by atoms with Crippen LogP contribution in [0.5, 0.6) is 17.2 Å². The molecule has 140 valence electrons. The number of nitrogens with zero attached hydrogens (tertiary/aromatic N) is 1. The highest BCUT2D eigenvalue weighted by molar-refractivity contribution is 5.51. The van der Waals surface area contributed by atoms with Crippen molar-refractivity contribution in [2.24, 2.45) is 0 Å². The van der Waals surface area contributed by atoms with Gasteiger partial charge in [-0.15, -0.1) is 0 Å². The fourth-order valence-electron chi connectivity index (χ4n) is 3.50. The quantitative estimate of drug-likeness (QED) is 0.858. The van der Waals surface area contributed by atoms with Crippen LogP contribution in [0.4, 0.5) is 4.39 Å². The monoisotopic (exact) mass is 360 g/mol. The summed E-state index contributed by atoms with van der Waals surface area (Å²) in [5.74, 6) is 1.31. The normalized spacial score (nSPS) is 16.2. The van der Waals surface area contributed by atoms with E-state index >= 15 is 0 Å². The first kappa shape index (κ1) is 18.5. The van der Waals surface area contributed by atoms with Crippen LogP contribution in [-0.4, -0.2) is 52.4 Å². The number of halogens is 1. The first-order chi connectivity index (χ1) is 12.7. The lowest BCUT2D eigenvalue weighted by atomic mass is 9.94. The van der Waals surface area contributed by atoms with Crippen LogP contribution in [0.1, 0.15) is 17.2 Å². The summed E-state index contributed by atoms with van der Waals surface area (Å²) in [5.41, 5.74) is 1.75. The summed E-state index contributed by atoms with van der Waals surface area (Å²) in [4.78, 5) is 2.32. The molecule has 0 saturated carbocycles. The van der Waals surface area contributed by atoms with Crippen LogP contribution < -0.4 is 19.5 Å². The van der Waals surface area contributed by atoms with E-state index in [4.69, 9.17) is 14.2 Å². The molecule has 1 N–H and O–H groups in total. The maximum Gasteiger partial charge on any atom is 0.165 e. The zero-order valence-electron chi connectivity index (χ0n) is 15.4. The number of methoxy groups -OCH3 is 3. The predicted octanol–water partition coefficient (Wildman–Crippen LogP) is 2.85. The van der Waals surface area contributed by atoms with E-state index in [2.05, 4.69) is 10.2 Å². The predicted molar refractivity (Wildman–Crippen MR) is 98.8 cm³/mol. The van der Waals surface area contributed by atoms with E-state index < -0.39 is 0 Å². The van der Waals surface area contributed by atoms with Gasteiger partial charge in [0, 0.05) is 26.2 Å². The number of ether oxygens (including phenoxy) is 3. The fourth-order valence-corrected chi connectivity index (χ4v) is 3.50. The van der Waals surface area contributed by atoms with Gasteiger partial charge >= 0.3 is 0 Å². The molecule has 26 heavy (non-hydrogen) atoms. The van der Waals surface area contributed by atoms with Gasteiger partial charge in [0.1, 0.15) is 11.5 Å².